The summed E-state index contributed by atoms with van der Waals surface area (Å²) in [5, 5.41) is 11.1. The number of carbonyl (C=O) groups is 1. The van der Waals surface area contributed by atoms with Crippen LogP contribution in [0.3, 0.4) is 0 Å². The van der Waals surface area contributed by atoms with E-state index in [0.29, 0.717) is 12.3 Å². The van der Waals surface area contributed by atoms with E-state index in [4.69, 9.17) is 16.7 Å². The van der Waals surface area contributed by atoms with Crippen molar-refractivity contribution in [3.8, 4) is 0 Å². The Morgan fingerprint density at radius 2 is 2.40 bits per heavy atom. The highest BCUT2D eigenvalue weighted by atomic mass is 35.5. The summed E-state index contributed by atoms with van der Waals surface area (Å²) in [6.45, 7) is 1.69. The second-order valence-electron chi connectivity index (χ2n) is 2.09. The maximum Gasteiger partial charge on any atom is 0.221 e. The minimum atomic E-state index is -0.171. The topological polar surface area (TPSA) is 49.3 Å². The van der Waals surface area contributed by atoms with Crippen LogP contribution in [-0.2, 0) is 4.79 Å². The van der Waals surface area contributed by atoms with Gasteiger partial charge in [0.1, 0.15) is 0 Å². The van der Waals surface area contributed by atoms with E-state index in [1.807, 2.05) is 0 Å². The van der Waals surface area contributed by atoms with Crippen LogP contribution < -0.4 is 5.32 Å². The van der Waals surface area contributed by atoms with E-state index < -0.39 is 0 Å². The number of carbonyl (C=O) groups excluding carboxylic acids is 1. The van der Waals surface area contributed by atoms with E-state index in [0.717, 1.165) is 0 Å². The highest BCUT2D eigenvalue weighted by Crippen LogP contribution is 1.86. The Morgan fingerprint density at radius 3 is 2.80 bits per heavy atom. The van der Waals surface area contributed by atoms with Crippen molar-refractivity contribution < 1.29 is 9.90 Å². The molecule has 0 aliphatic rings. The van der Waals surface area contributed by atoms with Gasteiger partial charge >= 0.3 is 0 Å². The Kier molecular flexibility index (Phi) is 5.35. The molecule has 0 saturated heterocycles. The summed E-state index contributed by atoms with van der Waals surface area (Å²) in [6.07, 6.45) is 0.311. The van der Waals surface area contributed by atoms with Crippen LogP contribution in [0.4, 0.5) is 0 Å². The zero-order valence-corrected chi connectivity index (χ0v) is 6.69. The van der Waals surface area contributed by atoms with Gasteiger partial charge in [-0.2, -0.15) is 0 Å². The van der Waals surface area contributed by atoms with Gasteiger partial charge in [-0.05, 0) is 6.92 Å². The van der Waals surface area contributed by atoms with Gasteiger partial charge < -0.3 is 10.4 Å². The first kappa shape index (κ1) is 9.72. The van der Waals surface area contributed by atoms with Gasteiger partial charge in [-0.3, -0.25) is 4.79 Å². The van der Waals surface area contributed by atoms with Crippen LogP contribution >= 0.6 is 11.6 Å². The first-order chi connectivity index (χ1) is 4.70. The van der Waals surface area contributed by atoms with Crippen molar-refractivity contribution in [1.82, 2.24) is 5.32 Å². The third-order valence-corrected chi connectivity index (χ3v) is 1.19. The van der Waals surface area contributed by atoms with Gasteiger partial charge in [-0.15, -0.1) is 11.6 Å². The molecule has 3 nitrogen and oxygen atoms in total. The van der Waals surface area contributed by atoms with Gasteiger partial charge in [0.25, 0.3) is 0 Å². The number of nitrogens with one attached hydrogen (secondary N) is 1. The van der Waals surface area contributed by atoms with Gasteiger partial charge in [-0.1, -0.05) is 0 Å². The Hall–Kier alpha value is -0.280. The second-order valence-corrected chi connectivity index (χ2v) is 2.47. The molecule has 1 atom stereocenters. The molecule has 0 bridgehead atoms. The molecule has 60 valence electrons. The van der Waals surface area contributed by atoms with E-state index in [2.05, 4.69) is 5.32 Å². The fourth-order valence-electron chi connectivity index (χ4n) is 0.478. The van der Waals surface area contributed by atoms with E-state index in [1.54, 1.807) is 6.92 Å². The van der Waals surface area contributed by atoms with Gasteiger partial charge in [0.2, 0.25) is 5.91 Å². The molecule has 0 rings (SSSR count). The predicted molar refractivity (Wildman–Crippen MR) is 40.0 cm³/mol. The Balaban J connectivity index is 3.37. The molecule has 0 aliphatic carbocycles. The van der Waals surface area contributed by atoms with Crippen molar-refractivity contribution in [2.75, 3.05) is 12.5 Å². The van der Waals surface area contributed by atoms with Crippen LogP contribution in [0.5, 0.6) is 0 Å². The lowest BCUT2D eigenvalue weighted by Gasteiger charge is -2.08. The van der Waals surface area contributed by atoms with Crippen LogP contribution in [-0.4, -0.2) is 29.5 Å². The van der Waals surface area contributed by atoms with Crippen LogP contribution in [0.1, 0.15) is 13.3 Å². The molecule has 1 amide bonds. The van der Waals surface area contributed by atoms with Gasteiger partial charge in [0, 0.05) is 18.3 Å². The fourth-order valence-corrected chi connectivity index (χ4v) is 0.650. The van der Waals surface area contributed by atoms with Crippen LogP contribution in [0.15, 0.2) is 0 Å². The third kappa shape index (κ3) is 4.58. The predicted octanol–water partition coefficient (Wildman–Crippen LogP) is 0.112. The maximum atomic E-state index is 10.7. The van der Waals surface area contributed by atoms with Crippen molar-refractivity contribution in [1.29, 1.82) is 0 Å². The number of hydrogen-bond acceptors (Lipinski definition) is 2. The number of rotatable bonds is 4. The summed E-state index contributed by atoms with van der Waals surface area (Å²) in [4.78, 5) is 10.7. The van der Waals surface area contributed by atoms with Crippen LogP contribution in [0, 0.1) is 0 Å². The molecule has 2 N–H and O–H groups in total. The molecule has 0 aromatic carbocycles. The van der Waals surface area contributed by atoms with E-state index in [-0.39, 0.29) is 18.6 Å². The van der Waals surface area contributed by atoms with Crippen molar-refractivity contribution in [2.45, 2.75) is 19.4 Å². The number of hydrogen-bond donors (Lipinski definition) is 2. The molecule has 0 aliphatic heterocycles. The number of aliphatic hydroxyl groups excluding tert-OH is 1. The van der Waals surface area contributed by atoms with Gasteiger partial charge in [0.15, 0.2) is 0 Å². The van der Waals surface area contributed by atoms with Crippen LogP contribution in [0.2, 0.25) is 0 Å². The summed E-state index contributed by atoms with van der Waals surface area (Å²) < 4.78 is 0. The molecular formula is C6H12ClNO2. The van der Waals surface area contributed by atoms with Crippen molar-refractivity contribution >= 4 is 17.5 Å². The molecule has 0 aromatic rings. The minimum absolute atomic E-state index is 0.0337. The van der Waals surface area contributed by atoms with Crippen molar-refractivity contribution in [3.05, 3.63) is 0 Å². The lowest BCUT2D eigenvalue weighted by atomic mass is 10.3. The molecular weight excluding hydrogens is 154 g/mol. The van der Waals surface area contributed by atoms with E-state index >= 15 is 0 Å². The first-order valence-electron chi connectivity index (χ1n) is 3.17. The molecule has 10 heavy (non-hydrogen) atoms. The normalized spacial score (nSPS) is 12.7. The highest BCUT2D eigenvalue weighted by molar-refractivity contribution is 6.18. The molecule has 0 aromatic heterocycles. The van der Waals surface area contributed by atoms with Gasteiger partial charge in [-0.25, -0.2) is 0 Å². The number of amides is 1. The molecule has 0 radical (unpaired) electrons. The average molecular weight is 166 g/mol. The zero-order valence-electron chi connectivity index (χ0n) is 5.93. The lowest BCUT2D eigenvalue weighted by molar-refractivity contribution is -0.121. The summed E-state index contributed by atoms with van der Waals surface area (Å²) in [5.41, 5.74) is 0. The van der Waals surface area contributed by atoms with Crippen LogP contribution in [0.25, 0.3) is 0 Å². The molecule has 0 fully saturated rings. The molecule has 0 saturated carbocycles. The molecule has 0 heterocycles. The Bertz CT molecular complexity index is 108. The Labute approximate surface area is 65.4 Å². The summed E-state index contributed by atoms with van der Waals surface area (Å²) in [6, 6.07) is -0.171. The quantitative estimate of drug-likeness (QED) is 0.581. The zero-order chi connectivity index (χ0) is 7.98. The largest absolute Gasteiger partial charge is 0.394 e. The number of aliphatic hydroxyl groups is 1. The van der Waals surface area contributed by atoms with E-state index in [9.17, 15) is 4.79 Å². The van der Waals surface area contributed by atoms with Gasteiger partial charge in [0.05, 0.1) is 6.61 Å². The van der Waals surface area contributed by atoms with Crippen molar-refractivity contribution in [3.63, 3.8) is 0 Å². The fraction of sp³-hybridized carbons (Fsp3) is 0.833. The molecule has 0 spiro atoms. The molecule has 4 heteroatoms. The summed E-state index contributed by atoms with van der Waals surface area (Å²) in [7, 11) is 0. The lowest BCUT2D eigenvalue weighted by Crippen LogP contribution is -2.34. The first-order valence-corrected chi connectivity index (χ1v) is 3.70. The van der Waals surface area contributed by atoms with E-state index in [1.165, 1.54) is 0 Å². The minimum Gasteiger partial charge on any atom is -0.394 e. The molecule has 0 unspecified atom stereocenters. The SMILES string of the molecule is C[C@H](CO)NC(=O)CCCl. The maximum absolute atomic E-state index is 10.7. The smallest absolute Gasteiger partial charge is 0.221 e. The Morgan fingerprint density at radius 1 is 1.80 bits per heavy atom. The third-order valence-electron chi connectivity index (χ3n) is 1.00. The number of alkyl halides is 1. The monoisotopic (exact) mass is 165 g/mol. The summed E-state index contributed by atoms with van der Waals surface area (Å²) in [5.74, 6) is 0.209. The summed E-state index contributed by atoms with van der Waals surface area (Å²) >= 11 is 5.30. The average Bonchev–Trinajstić information content (AvgIpc) is 1.88. The van der Waals surface area contributed by atoms with Crippen molar-refractivity contribution in [2.24, 2.45) is 0 Å². The highest BCUT2D eigenvalue weighted by Gasteiger charge is 2.03. The number of halogens is 1. The second kappa shape index (κ2) is 5.50. The standard InChI is InChI=1S/C6H12ClNO2/c1-5(4-9)8-6(10)2-3-7/h5,9H,2-4H2,1H3,(H,8,10)/t5-/m1/s1.